The molecule has 1 aliphatic rings. The molecule has 2 rings (SSSR count). The molecule has 1 aliphatic heterocycles. The topological polar surface area (TPSA) is 35.2 Å². The van der Waals surface area contributed by atoms with Crippen LogP contribution in [-0.4, -0.2) is 13.2 Å². The Morgan fingerprint density at radius 3 is 2.86 bits per heavy atom. The molecular weight excluding hydrogens is 330 g/mol. The number of thiophene rings is 1. The zero-order valence-corrected chi connectivity index (χ0v) is 11.5. The highest BCUT2D eigenvalue weighted by molar-refractivity contribution is 9.12. The number of halogens is 2. The van der Waals surface area contributed by atoms with E-state index < -0.39 is 0 Å². The van der Waals surface area contributed by atoms with E-state index in [2.05, 4.69) is 37.9 Å². The Morgan fingerprint density at radius 1 is 1.57 bits per heavy atom. The summed E-state index contributed by atoms with van der Waals surface area (Å²) < 4.78 is 7.59. The first kappa shape index (κ1) is 11.1. The summed E-state index contributed by atoms with van der Waals surface area (Å²) in [4.78, 5) is 0. The summed E-state index contributed by atoms with van der Waals surface area (Å²) in [5.41, 5.74) is 7.38. The molecule has 2 heterocycles. The molecule has 0 aromatic carbocycles. The van der Waals surface area contributed by atoms with Gasteiger partial charge in [-0.2, -0.15) is 0 Å². The second-order valence-electron chi connectivity index (χ2n) is 3.43. The van der Waals surface area contributed by atoms with Crippen molar-refractivity contribution in [2.45, 2.75) is 12.5 Å². The summed E-state index contributed by atoms with van der Waals surface area (Å²) in [6.45, 7) is 1.64. The highest BCUT2D eigenvalue weighted by atomic mass is 79.9. The lowest BCUT2D eigenvalue weighted by Gasteiger charge is -2.16. The molecular formula is C9H11Br2NOS. The third kappa shape index (κ3) is 2.22. The molecule has 1 aromatic rings. The molecule has 0 bridgehead atoms. The van der Waals surface area contributed by atoms with E-state index in [0.29, 0.717) is 5.92 Å². The van der Waals surface area contributed by atoms with Crippen molar-refractivity contribution in [1.29, 1.82) is 0 Å². The van der Waals surface area contributed by atoms with Crippen LogP contribution in [0.25, 0.3) is 0 Å². The molecule has 5 heteroatoms. The van der Waals surface area contributed by atoms with Gasteiger partial charge in [-0.1, -0.05) is 0 Å². The Bertz CT molecular complexity index is 323. The van der Waals surface area contributed by atoms with Crippen LogP contribution in [-0.2, 0) is 4.74 Å². The molecule has 1 saturated heterocycles. The summed E-state index contributed by atoms with van der Waals surface area (Å²) in [6, 6.07) is 2.19. The third-order valence-electron chi connectivity index (χ3n) is 2.51. The molecule has 0 aliphatic carbocycles. The van der Waals surface area contributed by atoms with Gasteiger partial charge in [0.05, 0.1) is 14.2 Å². The van der Waals surface area contributed by atoms with Gasteiger partial charge in [0.2, 0.25) is 0 Å². The van der Waals surface area contributed by atoms with Crippen molar-refractivity contribution in [3.8, 4) is 0 Å². The van der Waals surface area contributed by atoms with Gasteiger partial charge in [-0.15, -0.1) is 11.3 Å². The maximum atomic E-state index is 6.19. The van der Waals surface area contributed by atoms with Gasteiger partial charge in [-0.05, 0) is 49.9 Å². The molecule has 78 valence electrons. The van der Waals surface area contributed by atoms with Crippen LogP contribution in [0.2, 0.25) is 0 Å². The SMILES string of the molecule is NC(c1cc(Br)sc1Br)C1CCOC1. The maximum Gasteiger partial charge on any atom is 0.0758 e. The predicted octanol–water partition coefficient (Wildman–Crippen LogP) is 3.31. The van der Waals surface area contributed by atoms with Gasteiger partial charge >= 0.3 is 0 Å². The minimum atomic E-state index is 0.0921. The zero-order chi connectivity index (χ0) is 10.1. The highest BCUT2D eigenvalue weighted by Gasteiger charge is 2.26. The number of hydrogen-bond acceptors (Lipinski definition) is 3. The Kier molecular flexibility index (Phi) is 3.65. The summed E-state index contributed by atoms with van der Waals surface area (Å²) in [7, 11) is 0. The molecule has 2 unspecified atom stereocenters. The number of ether oxygens (including phenoxy) is 1. The quantitative estimate of drug-likeness (QED) is 0.896. The van der Waals surface area contributed by atoms with Crippen LogP contribution < -0.4 is 5.73 Å². The van der Waals surface area contributed by atoms with Crippen molar-refractivity contribution in [1.82, 2.24) is 0 Å². The van der Waals surface area contributed by atoms with E-state index in [1.54, 1.807) is 11.3 Å². The highest BCUT2D eigenvalue weighted by Crippen LogP contribution is 2.38. The molecule has 2 atom stereocenters. The standard InChI is InChI=1S/C9H11Br2NOS/c10-7-3-6(9(11)14-7)8(12)5-1-2-13-4-5/h3,5,8H,1-2,4,12H2. The smallest absolute Gasteiger partial charge is 0.0758 e. The summed E-state index contributed by atoms with van der Waals surface area (Å²) >= 11 is 8.66. The monoisotopic (exact) mass is 339 g/mol. The lowest BCUT2D eigenvalue weighted by Crippen LogP contribution is -2.21. The minimum absolute atomic E-state index is 0.0921. The van der Waals surface area contributed by atoms with Gasteiger partial charge in [0.15, 0.2) is 0 Å². The van der Waals surface area contributed by atoms with Crippen LogP contribution in [0, 0.1) is 5.92 Å². The predicted molar refractivity (Wildman–Crippen MR) is 65.6 cm³/mol. The van der Waals surface area contributed by atoms with E-state index in [9.17, 15) is 0 Å². The number of hydrogen-bond donors (Lipinski definition) is 1. The molecule has 1 fully saturated rings. The fourth-order valence-electron chi connectivity index (χ4n) is 1.67. The van der Waals surface area contributed by atoms with Crippen molar-refractivity contribution in [2.75, 3.05) is 13.2 Å². The molecule has 2 nitrogen and oxygen atoms in total. The Balaban J connectivity index is 2.17. The van der Waals surface area contributed by atoms with Crippen LogP contribution >= 0.6 is 43.2 Å². The van der Waals surface area contributed by atoms with Gasteiger partial charge in [0.25, 0.3) is 0 Å². The largest absolute Gasteiger partial charge is 0.381 e. The van der Waals surface area contributed by atoms with Crippen LogP contribution in [0.15, 0.2) is 13.6 Å². The lowest BCUT2D eigenvalue weighted by atomic mass is 9.95. The van der Waals surface area contributed by atoms with E-state index in [4.69, 9.17) is 10.5 Å². The van der Waals surface area contributed by atoms with Gasteiger partial charge in [-0.25, -0.2) is 0 Å². The summed E-state index contributed by atoms with van der Waals surface area (Å²) in [5.74, 6) is 0.466. The molecule has 0 saturated carbocycles. The fraction of sp³-hybridized carbons (Fsp3) is 0.556. The van der Waals surface area contributed by atoms with E-state index >= 15 is 0 Å². The molecule has 0 amide bonds. The van der Waals surface area contributed by atoms with Crippen molar-refractivity contribution >= 4 is 43.2 Å². The van der Waals surface area contributed by atoms with E-state index in [1.807, 2.05) is 0 Å². The van der Waals surface area contributed by atoms with Crippen molar-refractivity contribution in [2.24, 2.45) is 11.7 Å². The molecule has 0 radical (unpaired) electrons. The van der Waals surface area contributed by atoms with Crippen LogP contribution in [0.1, 0.15) is 18.0 Å². The Morgan fingerprint density at radius 2 is 2.36 bits per heavy atom. The third-order valence-corrected chi connectivity index (χ3v) is 4.90. The second kappa shape index (κ2) is 4.61. The minimum Gasteiger partial charge on any atom is -0.381 e. The van der Waals surface area contributed by atoms with E-state index in [0.717, 1.165) is 27.2 Å². The van der Waals surface area contributed by atoms with E-state index in [-0.39, 0.29) is 6.04 Å². The average Bonchev–Trinajstić information content (AvgIpc) is 2.73. The number of nitrogens with two attached hydrogens (primary N) is 1. The maximum absolute atomic E-state index is 6.19. The van der Waals surface area contributed by atoms with Crippen molar-refractivity contribution in [3.05, 3.63) is 19.2 Å². The first-order valence-corrected chi connectivity index (χ1v) is 6.87. The average molecular weight is 341 g/mol. The lowest BCUT2D eigenvalue weighted by molar-refractivity contribution is 0.181. The number of rotatable bonds is 2. The normalized spacial score (nSPS) is 24.1. The Hall–Kier alpha value is 0.580. The summed E-state index contributed by atoms with van der Waals surface area (Å²) in [6.07, 6.45) is 1.07. The first-order chi connectivity index (χ1) is 6.68. The van der Waals surface area contributed by atoms with Gasteiger partial charge in [0, 0.05) is 18.6 Å². The van der Waals surface area contributed by atoms with Gasteiger partial charge in [0.1, 0.15) is 0 Å². The molecule has 0 spiro atoms. The van der Waals surface area contributed by atoms with Crippen LogP contribution in [0.5, 0.6) is 0 Å². The Labute approximate surface area is 104 Å². The first-order valence-electron chi connectivity index (χ1n) is 4.46. The van der Waals surface area contributed by atoms with Crippen molar-refractivity contribution < 1.29 is 4.74 Å². The zero-order valence-electron chi connectivity index (χ0n) is 7.50. The molecule has 14 heavy (non-hydrogen) atoms. The fourth-order valence-corrected chi connectivity index (χ4v) is 4.63. The summed E-state index contributed by atoms with van der Waals surface area (Å²) in [5, 5.41) is 0. The molecule has 2 N–H and O–H groups in total. The van der Waals surface area contributed by atoms with Crippen molar-refractivity contribution in [3.63, 3.8) is 0 Å². The second-order valence-corrected chi connectivity index (χ2v) is 7.18. The van der Waals surface area contributed by atoms with Gasteiger partial charge in [-0.3, -0.25) is 0 Å². The van der Waals surface area contributed by atoms with Crippen LogP contribution in [0.4, 0.5) is 0 Å². The van der Waals surface area contributed by atoms with E-state index in [1.165, 1.54) is 5.56 Å². The molecule has 1 aromatic heterocycles. The van der Waals surface area contributed by atoms with Gasteiger partial charge < -0.3 is 10.5 Å². The van der Waals surface area contributed by atoms with Crippen LogP contribution in [0.3, 0.4) is 0 Å².